The fourth-order valence-corrected chi connectivity index (χ4v) is 8.09. The first-order chi connectivity index (χ1) is 19.4. The second kappa shape index (κ2) is 7.95. The van der Waals surface area contributed by atoms with Crippen LogP contribution in [0.1, 0.15) is 11.5 Å². The van der Waals surface area contributed by atoms with Crippen molar-refractivity contribution in [1.29, 1.82) is 0 Å². The van der Waals surface area contributed by atoms with E-state index in [4.69, 9.17) is 0 Å². The summed E-state index contributed by atoms with van der Waals surface area (Å²) in [6.07, 6.45) is 9.08. The number of anilines is 2. The number of allylic oxidation sites excluding steroid dienone is 2. The van der Waals surface area contributed by atoms with Crippen LogP contribution in [0, 0.1) is 0 Å². The minimum absolute atomic E-state index is 0.293. The van der Waals surface area contributed by atoms with Crippen LogP contribution < -0.4 is 4.90 Å². The molecule has 0 N–H and O–H groups in total. The largest absolute Gasteiger partial charge is 0.333 e. The molecule has 0 radical (unpaired) electrons. The number of fused-ring (bicyclic) bond motifs is 10. The number of hydrogen-bond donors (Lipinski definition) is 0. The van der Waals surface area contributed by atoms with Gasteiger partial charge in [-0.15, -0.1) is 11.3 Å². The summed E-state index contributed by atoms with van der Waals surface area (Å²) in [6, 6.07) is 40.5. The molecule has 0 bridgehead atoms. The van der Waals surface area contributed by atoms with Gasteiger partial charge >= 0.3 is 0 Å². The molecule has 0 saturated heterocycles. The van der Waals surface area contributed by atoms with E-state index in [0.717, 1.165) is 0 Å². The predicted octanol–water partition coefficient (Wildman–Crippen LogP) is 9.88. The number of hydrogen-bond acceptors (Lipinski definition) is 2. The average Bonchev–Trinajstić information content (AvgIpc) is 3.65. The van der Waals surface area contributed by atoms with Gasteiger partial charge in [0.2, 0.25) is 0 Å². The van der Waals surface area contributed by atoms with Crippen LogP contribution in [0.4, 0.5) is 11.4 Å². The molecule has 2 aliphatic rings. The molecule has 1 aliphatic heterocycles. The van der Waals surface area contributed by atoms with Gasteiger partial charge in [0.15, 0.2) is 0 Å². The molecular weight excluding hydrogens is 492 g/mol. The molecule has 0 fully saturated rings. The van der Waals surface area contributed by atoms with Gasteiger partial charge in [-0.05, 0) is 48.0 Å². The summed E-state index contributed by atoms with van der Waals surface area (Å²) >= 11 is 1.90. The number of thiophene rings is 1. The van der Waals surface area contributed by atoms with Crippen molar-refractivity contribution in [3.63, 3.8) is 0 Å². The van der Waals surface area contributed by atoms with E-state index >= 15 is 0 Å². The van der Waals surface area contributed by atoms with Crippen molar-refractivity contribution in [1.82, 2.24) is 4.57 Å². The number of benzene rings is 5. The van der Waals surface area contributed by atoms with E-state index in [1.54, 1.807) is 0 Å². The van der Waals surface area contributed by atoms with Gasteiger partial charge < -0.3 is 9.47 Å². The van der Waals surface area contributed by atoms with Crippen molar-refractivity contribution >= 4 is 64.7 Å². The lowest BCUT2D eigenvalue weighted by Gasteiger charge is -2.28. The minimum Gasteiger partial charge on any atom is -0.333 e. The minimum atomic E-state index is 0.293. The summed E-state index contributed by atoms with van der Waals surface area (Å²) in [5.74, 6) is 0.380. The van der Waals surface area contributed by atoms with Crippen LogP contribution in [0.2, 0.25) is 0 Å². The van der Waals surface area contributed by atoms with Gasteiger partial charge in [0.25, 0.3) is 0 Å². The smallest absolute Gasteiger partial charge is 0.0719 e. The Hall–Kier alpha value is -4.60. The maximum absolute atomic E-state index is 2.53. The number of aromatic nitrogens is 1. The molecule has 0 spiro atoms. The van der Waals surface area contributed by atoms with E-state index in [1.807, 2.05) is 11.3 Å². The number of para-hydroxylation sites is 2. The van der Waals surface area contributed by atoms with Gasteiger partial charge in [0.05, 0.1) is 21.8 Å². The van der Waals surface area contributed by atoms with E-state index in [0.29, 0.717) is 12.0 Å². The van der Waals surface area contributed by atoms with Crippen molar-refractivity contribution in [2.75, 3.05) is 4.90 Å². The lowest BCUT2D eigenvalue weighted by atomic mass is 9.91. The third kappa shape index (κ3) is 2.91. The van der Waals surface area contributed by atoms with Gasteiger partial charge in [-0.2, -0.15) is 0 Å². The standard InChI is InChI=1S/C36H24N2S/c1-2-10-23(11-3-1)38-33-21-18-24(37-31-15-7-4-12-25(31)26-13-5-8-16-32(26)37)22-30(33)28-19-20-29-27-14-6-9-17-34(27)39-36(29)35(28)38/h1-22,25,31H. The highest BCUT2D eigenvalue weighted by molar-refractivity contribution is 7.26. The van der Waals surface area contributed by atoms with Crippen molar-refractivity contribution < 1.29 is 0 Å². The summed E-state index contributed by atoms with van der Waals surface area (Å²) in [7, 11) is 0. The Kier molecular flexibility index (Phi) is 4.35. The zero-order chi connectivity index (χ0) is 25.5. The van der Waals surface area contributed by atoms with Crippen LogP contribution in [-0.2, 0) is 0 Å². The van der Waals surface area contributed by atoms with Crippen LogP contribution in [0.5, 0.6) is 0 Å². The molecule has 9 rings (SSSR count). The Balaban J connectivity index is 1.36. The molecule has 39 heavy (non-hydrogen) atoms. The Morgan fingerprint density at radius 2 is 1.38 bits per heavy atom. The highest BCUT2D eigenvalue weighted by atomic mass is 32.1. The maximum atomic E-state index is 2.53. The highest BCUT2D eigenvalue weighted by Crippen LogP contribution is 2.49. The van der Waals surface area contributed by atoms with E-state index < -0.39 is 0 Å². The molecule has 1 aliphatic carbocycles. The molecule has 2 atom stereocenters. The molecular formula is C36H24N2S. The number of rotatable bonds is 2. The second-order valence-corrected chi connectivity index (χ2v) is 11.6. The zero-order valence-electron chi connectivity index (χ0n) is 21.2. The Morgan fingerprint density at radius 3 is 2.33 bits per heavy atom. The highest BCUT2D eigenvalue weighted by Gasteiger charge is 2.37. The SMILES string of the molecule is C1=CC2c3ccccc3N(c3ccc4c(c3)c3ccc5c6ccccc6sc5c3n4-c3ccccc3)C2C=C1. The lowest BCUT2D eigenvalue weighted by molar-refractivity contribution is 0.745. The molecule has 0 saturated carbocycles. The molecule has 2 unspecified atom stereocenters. The first-order valence-electron chi connectivity index (χ1n) is 13.5. The Morgan fingerprint density at radius 1 is 0.590 bits per heavy atom. The van der Waals surface area contributed by atoms with Crippen molar-refractivity contribution in [2.45, 2.75) is 12.0 Å². The van der Waals surface area contributed by atoms with Gasteiger partial charge in [0, 0.05) is 49.2 Å². The van der Waals surface area contributed by atoms with E-state index in [-0.39, 0.29) is 0 Å². The van der Waals surface area contributed by atoms with Crippen LogP contribution in [-0.4, -0.2) is 10.6 Å². The Bertz CT molecular complexity index is 2140. The summed E-state index contributed by atoms with van der Waals surface area (Å²) in [5, 5.41) is 5.26. The third-order valence-electron chi connectivity index (χ3n) is 8.51. The molecule has 184 valence electrons. The molecule has 5 aromatic carbocycles. The molecule has 3 heterocycles. The quantitative estimate of drug-likeness (QED) is 0.222. The lowest BCUT2D eigenvalue weighted by Crippen LogP contribution is -2.28. The van der Waals surface area contributed by atoms with Gasteiger partial charge in [-0.3, -0.25) is 0 Å². The monoisotopic (exact) mass is 516 g/mol. The van der Waals surface area contributed by atoms with Crippen molar-refractivity contribution in [3.05, 3.63) is 139 Å². The normalized spacial score (nSPS) is 18.0. The topological polar surface area (TPSA) is 8.17 Å². The van der Waals surface area contributed by atoms with E-state index in [2.05, 4.69) is 143 Å². The first-order valence-corrected chi connectivity index (χ1v) is 14.4. The second-order valence-electron chi connectivity index (χ2n) is 10.5. The van der Waals surface area contributed by atoms with E-state index in [1.165, 1.54) is 64.6 Å². The summed E-state index contributed by atoms with van der Waals surface area (Å²) in [6.45, 7) is 0. The third-order valence-corrected chi connectivity index (χ3v) is 9.70. The molecule has 7 aromatic rings. The molecule has 3 heteroatoms. The van der Waals surface area contributed by atoms with Crippen LogP contribution in [0.25, 0.3) is 47.7 Å². The maximum Gasteiger partial charge on any atom is 0.0719 e. The molecule has 2 nitrogen and oxygen atoms in total. The van der Waals surface area contributed by atoms with Gasteiger partial charge in [-0.1, -0.05) is 91.0 Å². The van der Waals surface area contributed by atoms with Gasteiger partial charge in [0.1, 0.15) is 0 Å². The van der Waals surface area contributed by atoms with Crippen LogP contribution in [0.15, 0.2) is 133 Å². The van der Waals surface area contributed by atoms with Crippen LogP contribution >= 0.6 is 11.3 Å². The summed E-state index contributed by atoms with van der Waals surface area (Å²) < 4.78 is 5.15. The summed E-state index contributed by atoms with van der Waals surface area (Å²) in [5.41, 5.74) is 7.69. The van der Waals surface area contributed by atoms with Crippen LogP contribution in [0.3, 0.4) is 0 Å². The van der Waals surface area contributed by atoms with E-state index in [9.17, 15) is 0 Å². The average molecular weight is 517 g/mol. The number of nitrogens with zero attached hydrogens (tertiary/aromatic N) is 2. The fourth-order valence-electron chi connectivity index (χ4n) is 6.85. The Labute approximate surface area is 230 Å². The predicted molar refractivity (Wildman–Crippen MR) is 167 cm³/mol. The molecule has 0 amide bonds. The summed E-state index contributed by atoms with van der Waals surface area (Å²) in [4.78, 5) is 2.53. The fraction of sp³-hybridized carbons (Fsp3) is 0.0556. The first kappa shape index (κ1) is 21.3. The zero-order valence-corrected chi connectivity index (χ0v) is 22.0. The molecule has 2 aromatic heterocycles. The van der Waals surface area contributed by atoms with Crippen molar-refractivity contribution in [3.8, 4) is 5.69 Å². The van der Waals surface area contributed by atoms with Crippen molar-refractivity contribution in [2.24, 2.45) is 0 Å². The van der Waals surface area contributed by atoms with Gasteiger partial charge in [-0.25, -0.2) is 0 Å².